The first-order valence-electron chi connectivity index (χ1n) is 9.60. The second kappa shape index (κ2) is 8.62. The van der Waals surface area contributed by atoms with E-state index in [4.69, 9.17) is 4.74 Å². The van der Waals surface area contributed by atoms with Crippen molar-refractivity contribution in [1.82, 2.24) is 5.32 Å². The van der Waals surface area contributed by atoms with Gasteiger partial charge >= 0.3 is 5.97 Å². The summed E-state index contributed by atoms with van der Waals surface area (Å²) in [7, 11) is 0. The Kier molecular flexibility index (Phi) is 5.57. The van der Waals surface area contributed by atoms with Gasteiger partial charge in [-0.1, -0.05) is 48.5 Å². The fourth-order valence-electron chi connectivity index (χ4n) is 3.26. The van der Waals surface area contributed by atoms with E-state index in [0.717, 1.165) is 10.5 Å². The highest BCUT2D eigenvalue weighted by molar-refractivity contribution is 6.34. The Morgan fingerprint density at radius 2 is 1.45 bits per heavy atom. The summed E-state index contributed by atoms with van der Waals surface area (Å²) in [4.78, 5) is 50.6. The van der Waals surface area contributed by atoms with E-state index in [2.05, 4.69) is 5.32 Å². The second-order valence-corrected chi connectivity index (χ2v) is 6.88. The number of imide groups is 1. The zero-order valence-corrected chi connectivity index (χ0v) is 16.4. The normalized spacial score (nSPS) is 12.5. The Labute approximate surface area is 178 Å². The number of anilines is 1. The van der Waals surface area contributed by atoms with Crippen molar-refractivity contribution >= 4 is 29.4 Å². The quantitative estimate of drug-likeness (QED) is 0.495. The number of nitrogens with one attached hydrogen (secondary N) is 1. The molecule has 1 aliphatic heterocycles. The van der Waals surface area contributed by atoms with Gasteiger partial charge in [0.25, 0.3) is 17.7 Å². The van der Waals surface area contributed by atoms with Crippen molar-refractivity contribution in [3.05, 3.63) is 101 Å². The number of rotatable bonds is 6. The van der Waals surface area contributed by atoms with Gasteiger partial charge in [-0.25, -0.2) is 9.69 Å². The zero-order valence-electron chi connectivity index (χ0n) is 16.4. The van der Waals surface area contributed by atoms with E-state index in [-0.39, 0.29) is 11.3 Å². The summed E-state index contributed by atoms with van der Waals surface area (Å²) >= 11 is 0. The SMILES string of the molecule is O=C(COC(=O)c1cccc(N2C(=O)c3ccccc3C2=O)c1)NCc1ccccc1. The molecule has 0 aliphatic carbocycles. The highest BCUT2D eigenvalue weighted by Gasteiger charge is 2.36. The molecular weight excluding hydrogens is 396 g/mol. The summed E-state index contributed by atoms with van der Waals surface area (Å²) in [5.74, 6) is -2.07. The van der Waals surface area contributed by atoms with Gasteiger partial charge in [-0.2, -0.15) is 0 Å². The molecule has 0 spiro atoms. The Morgan fingerprint density at radius 3 is 2.13 bits per heavy atom. The molecule has 7 nitrogen and oxygen atoms in total. The van der Waals surface area contributed by atoms with Crippen molar-refractivity contribution < 1.29 is 23.9 Å². The number of nitrogens with zero attached hydrogens (tertiary/aromatic N) is 1. The lowest BCUT2D eigenvalue weighted by Crippen LogP contribution is -2.30. The number of amides is 3. The molecule has 0 bridgehead atoms. The number of carbonyl (C=O) groups excluding carboxylic acids is 4. The van der Waals surface area contributed by atoms with Crippen LogP contribution >= 0.6 is 0 Å². The van der Waals surface area contributed by atoms with Gasteiger partial charge in [0.2, 0.25) is 0 Å². The van der Waals surface area contributed by atoms with Crippen LogP contribution in [0.3, 0.4) is 0 Å². The highest BCUT2D eigenvalue weighted by atomic mass is 16.5. The first-order valence-corrected chi connectivity index (χ1v) is 9.60. The maximum Gasteiger partial charge on any atom is 0.338 e. The lowest BCUT2D eigenvalue weighted by atomic mass is 10.1. The molecule has 7 heteroatoms. The number of benzene rings is 3. The molecule has 1 N–H and O–H groups in total. The van der Waals surface area contributed by atoms with Crippen LogP contribution in [0, 0.1) is 0 Å². The number of esters is 1. The van der Waals surface area contributed by atoms with E-state index >= 15 is 0 Å². The minimum atomic E-state index is -0.728. The van der Waals surface area contributed by atoms with E-state index in [9.17, 15) is 19.2 Å². The Hall–Kier alpha value is -4.26. The second-order valence-electron chi connectivity index (χ2n) is 6.88. The number of hydrogen-bond donors (Lipinski definition) is 1. The van der Waals surface area contributed by atoms with Crippen LogP contribution in [0.15, 0.2) is 78.9 Å². The zero-order chi connectivity index (χ0) is 21.8. The lowest BCUT2D eigenvalue weighted by Gasteiger charge is -2.14. The molecule has 1 heterocycles. The van der Waals surface area contributed by atoms with Crippen LogP contribution in [-0.2, 0) is 16.1 Å². The number of ether oxygens (including phenoxy) is 1. The third-order valence-electron chi connectivity index (χ3n) is 4.80. The molecule has 1 aliphatic rings. The molecule has 154 valence electrons. The predicted octanol–water partition coefficient (Wildman–Crippen LogP) is 2.96. The summed E-state index contributed by atoms with van der Waals surface area (Å²) < 4.78 is 5.07. The first-order chi connectivity index (χ1) is 15.0. The summed E-state index contributed by atoms with van der Waals surface area (Å²) in [6.45, 7) is -0.116. The topological polar surface area (TPSA) is 92.8 Å². The molecule has 0 fully saturated rings. The standard InChI is InChI=1S/C24H18N2O5/c27-21(25-14-16-7-2-1-3-8-16)15-31-24(30)17-9-6-10-18(13-17)26-22(28)19-11-4-5-12-20(19)23(26)29/h1-13H,14-15H2,(H,25,27). The molecule has 3 aromatic rings. The van der Waals surface area contributed by atoms with Crippen molar-refractivity contribution in [1.29, 1.82) is 0 Å². The van der Waals surface area contributed by atoms with Gasteiger partial charge in [-0.05, 0) is 35.9 Å². The molecule has 0 saturated heterocycles. The molecule has 3 amide bonds. The monoisotopic (exact) mass is 414 g/mol. The summed E-state index contributed by atoms with van der Waals surface area (Å²) in [5, 5.41) is 2.67. The van der Waals surface area contributed by atoms with Crippen LogP contribution in [0.1, 0.15) is 36.6 Å². The van der Waals surface area contributed by atoms with Crippen LogP contribution < -0.4 is 10.2 Å². The Bertz CT molecular complexity index is 1140. The molecule has 0 unspecified atom stereocenters. The third-order valence-corrected chi connectivity index (χ3v) is 4.80. The fraction of sp³-hybridized carbons (Fsp3) is 0.0833. The van der Waals surface area contributed by atoms with Crippen LogP contribution in [0.5, 0.6) is 0 Å². The molecule has 0 radical (unpaired) electrons. The minimum Gasteiger partial charge on any atom is -0.452 e. The van der Waals surface area contributed by atoms with Gasteiger partial charge in [0.1, 0.15) is 0 Å². The maximum atomic E-state index is 12.6. The minimum absolute atomic E-state index is 0.130. The Morgan fingerprint density at radius 1 is 0.806 bits per heavy atom. The average molecular weight is 414 g/mol. The van der Waals surface area contributed by atoms with Gasteiger partial charge in [-0.3, -0.25) is 14.4 Å². The van der Waals surface area contributed by atoms with Gasteiger partial charge in [0.05, 0.1) is 22.4 Å². The molecule has 0 atom stereocenters. The molecular formula is C24H18N2O5. The van der Waals surface area contributed by atoms with E-state index in [1.807, 2.05) is 30.3 Å². The van der Waals surface area contributed by atoms with Crippen LogP contribution in [-0.4, -0.2) is 30.3 Å². The number of fused-ring (bicyclic) bond motifs is 1. The molecule has 0 aromatic heterocycles. The Balaban J connectivity index is 1.39. The van der Waals surface area contributed by atoms with Crippen molar-refractivity contribution in [3.63, 3.8) is 0 Å². The molecule has 0 saturated carbocycles. The number of carbonyl (C=O) groups is 4. The van der Waals surface area contributed by atoms with Crippen molar-refractivity contribution in [2.45, 2.75) is 6.54 Å². The van der Waals surface area contributed by atoms with Gasteiger partial charge in [0, 0.05) is 6.54 Å². The lowest BCUT2D eigenvalue weighted by molar-refractivity contribution is -0.124. The molecule has 31 heavy (non-hydrogen) atoms. The largest absolute Gasteiger partial charge is 0.452 e. The van der Waals surface area contributed by atoms with Crippen molar-refractivity contribution in [2.75, 3.05) is 11.5 Å². The van der Waals surface area contributed by atoms with Gasteiger partial charge in [0.15, 0.2) is 6.61 Å². The summed E-state index contributed by atoms with van der Waals surface area (Å²) in [5.41, 5.74) is 1.95. The third kappa shape index (κ3) is 4.20. The van der Waals surface area contributed by atoms with Gasteiger partial charge < -0.3 is 10.1 Å². The fourth-order valence-corrected chi connectivity index (χ4v) is 3.26. The van der Waals surface area contributed by atoms with Crippen molar-refractivity contribution in [2.24, 2.45) is 0 Å². The predicted molar refractivity (Wildman–Crippen MR) is 113 cm³/mol. The molecule has 3 aromatic carbocycles. The van der Waals surface area contributed by atoms with E-state index < -0.39 is 30.3 Å². The highest BCUT2D eigenvalue weighted by Crippen LogP contribution is 2.28. The average Bonchev–Trinajstić information content (AvgIpc) is 3.07. The maximum absolute atomic E-state index is 12.6. The van der Waals surface area contributed by atoms with E-state index in [1.165, 1.54) is 12.1 Å². The van der Waals surface area contributed by atoms with Gasteiger partial charge in [-0.15, -0.1) is 0 Å². The van der Waals surface area contributed by atoms with Crippen LogP contribution in [0.25, 0.3) is 0 Å². The van der Waals surface area contributed by atoms with Crippen LogP contribution in [0.4, 0.5) is 5.69 Å². The van der Waals surface area contributed by atoms with E-state index in [1.54, 1.807) is 36.4 Å². The summed E-state index contributed by atoms with van der Waals surface area (Å²) in [6.07, 6.45) is 0. The van der Waals surface area contributed by atoms with Crippen LogP contribution in [0.2, 0.25) is 0 Å². The first kappa shape index (κ1) is 20.0. The molecule has 4 rings (SSSR count). The van der Waals surface area contributed by atoms with Crippen molar-refractivity contribution in [3.8, 4) is 0 Å². The summed E-state index contributed by atoms with van der Waals surface area (Å²) in [6, 6.07) is 21.9. The van der Waals surface area contributed by atoms with E-state index in [0.29, 0.717) is 17.7 Å². The smallest absolute Gasteiger partial charge is 0.338 e. The number of hydrogen-bond acceptors (Lipinski definition) is 5.